The summed E-state index contributed by atoms with van der Waals surface area (Å²) in [6.07, 6.45) is 2.81. The Kier molecular flexibility index (Phi) is 6.12. The molecule has 2 fully saturated rings. The van der Waals surface area contributed by atoms with E-state index in [1.165, 1.54) is 22.7 Å². The van der Waals surface area contributed by atoms with Crippen molar-refractivity contribution in [3.05, 3.63) is 35.4 Å². The van der Waals surface area contributed by atoms with Gasteiger partial charge in [-0.2, -0.15) is 0 Å². The quantitative estimate of drug-likeness (QED) is 0.748. The minimum absolute atomic E-state index is 0.0754. The Labute approximate surface area is 174 Å². The molecule has 0 spiro atoms. The van der Waals surface area contributed by atoms with Gasteiger partial charge >= 0.3 is 0 Å². The number of anilines is 2. The summed E-state index contributed by atoms with van der Waals surface area (Å²) < 4.78 is 0. The van der Waals surface area contributed by atoms with Crippen LogP contribution in [0, 0.1) is 5.41 Å². The van der Waals surface area contributed by atoms with Crippen molar-refractivity contribution < 1.29 is 19.2 Å². The Balaban J connectivity index is 1.68. The number of carbonyl (C=O) groups excluding carboxylic acids is 4. The van der Waals surface area contributed by atoms with Gasteiger partial charge in [0, 0.05) is 35.8 Å². The third-order valence-corrected chi connectivity index (χ3v) is 5.75. The van der Waals surface area contributed by atoms with Crippen molar-refractivity contribution in [1.82, 2.24) is 4.90 Å². The largest absolute Gasteiger partial charge is 0.324 e. The highest BCUT2D eigenvalue weighted by Gasteiger charge is 2.31. The zero-order chi connectivity index (χ0) is 21.2. The Hall–Kier alpha value is -2.61. The van der Waals surface area contributed by atoms with Crippen molar-refractivity contribution in [2.45, 2.75) is 33.6 Å². The van der Waals surface area contributed by atoms with Gasteiger partial charge in [0.2, 0.25) is 17.7 Å². The maximum Gasteiger partial charge on any atom is 0.244 e. The van der Waals surface area contributed by atoms with Crippen molar-refractivity contribution in [3.8, 4) is 0 Å². The highest BCUT2D eigenvalue weighted by molar-refractivity contribution is 8.04. The number of carbonyl (C=O) groups is 4. The lowest BCUT2D eigenvalue weighted by Crippen LogP contribution is -2.34. The average Bonchev–Trinajstić information content (AvgIpc) is 3.21. The molecule has 0 atom stereocenters. The number of rotatable bonds is 5. The second-order valence-corrected chi connectivity index (χ2v) is 9.11. The van der Waals surface area contributed by atoms with E-state index in [1.807, 2.05) is 26.8 Å². The van der Waals surface area contributed by atoms with Crippen molar-refractivity contribution in [1.29, 1.82) is 0 Å². The van der Waals surface area contributed by atoms with Crippen LogP contribution in [-0.4, -0.2) is 47.2 Å². The number of amides is 3. The molecule has 1 aromatic carbocycles. The Morgan fingerprint density at radius 2 is 1.97 bits per heavy atom. The molecule has 1 N–H and O–H groups in total. The van der Waals surface area contributed by atoms with Gasteiger partial charge in [-0.25, -0.2) is 0 Å². The van der Waals surface area contributed by atoms with E-state index < -0.39 is 5.41 Å². The summed E-state index contributed by atoms with van der Waals surface area (Å²) in [6.45, 7) is 5.93. The number of hydrogen-bond donors (Lipinski definition) is 1. The van der Waals surface area contributed by atoms with E-state index in [4.69, 9.17) is 0 Å². The van der Waals surface area contributed by atoms with Gasteiger partial charge in [0.15, 0.2) is 5.78 Å². The highest BCUT2D eigenvalue weighted by Crippen LogP contribution is 2.30. The molecule has 7 nitrogen and oxygen atoms in total. The Morgan fingerprint density at radius 3 is 2.62 bits per heavy atom. The molecule has 0 unspecified atom stereocenters. The van der Waals surface area contributed by atoms with Crippen LogP contribution in [0.3, 0.4) is 0 Å². The molecule has 3 rings (SSSR count). The first kappa shape index (κ1) is 21.1. The van der Waals surface area contributed by atoms with Gasteiger partial charge in [0.1, 0.15) is 6.54 Å². The van der Waals surface area contributed by atoms with Crippen molar-refractivity contribution >= 4 is 46.6 Å². The van der Waals surface area contributed by atoms with Crippen molar-refractivity contribution in [3.63, 3.8) is 0 Å². The fourth-order valence-electron chi connectivity index (χ4n) is 3.05. The number of ketones is 1. The monoisotopic (exact) mass is 415 g/mol. The summed E-state index contributed by atoms with van der Waals surface area (Å²) in [5.41, 5.74) is 0.748. The Morgan fingerprint density at radius 1 is 1.21 bits per heavy atom. The summed E-state index contributed by atoms with van der Waals surface area (Å²) in [5.74, 6) is -0.368. The van der Waals surface area contributed by atoms with Gasteiger partial charge < -0.3 is 10.2 Å². The van der Waals surface area contributed by atoms with Crippen LogP contribution in [0.4, 0.5) is 11.4 Å². The average molecular weight is 416 g/mol. The van der Waals surface area contributed by atoms with Crippen molar-refractivity contribution in [2.24, 2.45) is 5.41 Å². The van der Waals surface area contributed by atoms with Gasteiger partial charge in [0.05, 0.1) is 10.8 Å². The lowest BCUT2D eigenvalue weighted by molar-refractivity contribution is -0.129. The molecule has 154 valence electrons. The van der Waals surface area contributed by atoms with E-state index in [1.54, 1.807) is 23.1 Å². The van der Waals surface area contributed by atoms with Gasteiger partial charge in [-0.05, 0) is 24.6 Å². The standard InChI is InChI=1S/C21H25N3O4S/c1-21(2,3)16(25)11-20-24(19(28)13-29-20)12-17(26)22-14-6-4-7-15(10-14)23-9-5-8-18(23)27/h4,6-7,10-11H,5,8-9,12-13H2,1-3H3,(H,22,26). The van der Waals surface area contributed by atoms with E-state index in [9.17, 15) is 19.2 Å². The molecular weight excluding hydrogens is 390 g/mol. The molecule has 2 saturated heterocycles. The van der Waals surface area contributed by atoms with Crippen LogP contribution in [-0.2, 0) is 19.2 Å². The topological polar surface area (TPSA) is 86.8 Å². The predicted molar refractivity (Wildman–Crippen MR) is 113 cm³/mol. The summed E-state index contributed by atoms with van der Waals surface area (Å²) in [4.78, 5) is 52.0. The molecule has 2 aliphatic rings. The number of thioether (sulfide) groups is 1. The van der Waals surface area contributed by atoms with Crippen molar-refractivity contribution in [2.75, 3.05) is 29.1 Å². The predicted octanol–water partition coefficient (Wildman–Crippen LogP) is 2.78. The second-order valence-electron chi connectivity index (χ2n) is 8.11. The van der Waals surface area contributed by atoms with Gasteiger partial charge in [0.25, 0.3) is 0 Å². The fraction of sp³-hybridized carbons (Fsp3) is 0.429. The number of benzene rings is 1. The zero-order valence-electron chi connectivity index (χ0n) is 16.9. The van der Waals surface area contributed by atoms with E-state index in [0.717, 1.165) is 12.1 Å². The smallest absolute Gasteiger partial charge is 0.244 e. The molecule has 2 heterocycles. The molecule has 29 heavy (non-hydrogen) atoms. The molecule has 1 aromatic rings. The molecule has 0 saturated carbocycles. The number of hydrogen-bond acceptors (Lipinski definition) is 5. The molecular formula is C21H25N3O4S. The summed E-state index contributed by atoms with van der Waals surface area (Å²) in [7, 11) is 0. The van der Waals surface area contributed by atoms with Crippen LogP contribution < -0.4 is 10.2 Å². The lowest BCUT2D eigenvalue weighted by Gasteiger charge is -2.20. The maximum absolute atomic E-state index is 12.5. The SMILES string of the molecule is CC(C)(C)C(=O)C=C1SCC(=O)N1CC(=O)Nc1cccc(N2CCCC2=O)c1. The van der Waals surface area contributed by atoms with Gasteiger partial charge in [-0.3, -0.25) is 24.1 Å². The lowest BCUT2D eigenvalue weighted by atomic mass is 9.91. The maximum atomic E-state index is 12.5. The van der Waals surface area contributed by atoms with Crippen LogP contribution in [0.2, 0.25) is 0 Å². The van der Waals surface area contributed by atoms with E-state index in [2.05, 4.69) is 5.32 Å². The molecule has 3 amide bonds. The van der Waals surface area contributed by atoms with E-state index in [-0.39, 0.29) is 35.8 Å². The first-order chi connectivity index (χ1) is 13.6. The molecule has 8 heteroatoms. The second kappa shape index (κ2) is 8.41. The van der Waals surface area contributed by atoms with E-state index in [0.29, 0.717) is 23.7 Å². The summed E-state index contributed by atoms with van der Waals surface area (Å²) in [6, 6.07) is 7.10. The third kappa shape index (κ3) is 5.06. The summed E-state index contributed by atoms with van der Waals surface area (Å²) >= 11 is 1.26. The summed E-state index contributed by atoms with van der Waals surface area (Å²) in [5, 5.41) is 3.28. The molecule has 0 radical (unpaired) electrons. The van der Waals surface area contributed by atoms with Crippen LogP contribution in [0.1, 0.15) is 33.6 Å². The first-order valence-corrected chi connectivity index (χ1v) is 10.5. The molecule has 2 aliphatic heterocycles. The number of allylic oxidation sites excluding steroid dienone is 1. The minimum atomic E-state index is -0.555. The minimum Gasteiger partial charge on any atom is -0.324 e. The van der Waals surface area contributed by atoms with Gasteiger partial charge in [-0.1, -0.05) is 38.6 Å². The van der Waals surface area contributed by atoms with E-state index >= 15 is 0 Å². The molecule has 0 aromatic heterocycles. The van der Waals surface area contributed by atoms with Crippen LogP contribution in [0.15, 0.2) is 35.4 Å². The highest BCUT2D eigenvalue weighted by atomic mass is 32.2. The molecule has 0 aliphatic carbocycles. The number of nitrogens with one attached hydrogen (secondary N) is 1. The first-order valence-electron chi connectivity index (χ1n) is 9.55. The molecule has 0 bridgehead atoms. The third-order valence-electron chi connectivity index (χ3n) is 4.72. The van der Waals surface area contributed by atoms with Crippen LogP contribution in [0.5, 0.6) is 0 Å². The fourth-order valence-corrected chi connectivity index (χ4v) is 3.99. The number of nitrogens with zero attached hydrogens (tertiary/aromatic N) is 2. The zero-order valence-corrected chi connectivity index (χ0v) is 17.7. The van der Waals surface area contributed by atoms with Gasteiger partial charge in [-0.15, -0.1) is 0 Å². The normalized spacial score (nSPS) is 18.7. The Bertz CT molecular complexity index is 888. The van der Waals surface area contributed by atoms with Crippen LogP contribution >= 0.6 is 11.8 Å². The van der Waals surface area contributed by atoms with Crippen LogP contribution in [0.25, 0.3) is 0 Å².